The highest BCUT2D eigenvalue weighted by Gasteiger charge is 2.46. The van der Waals surface area contributed by atoms with Gasteiger partial charge in [-0.15, -0.1) is 0 Å². The van der Waals surface area contributed by atoms with Crippen LogP contribution in [0.25, 0.3) is 11.3 Å². The third-order valence-corrected chi connectivity index (χ3v) is 6.59. The molecule has 0 saturated carbocycles. The Morgan fingerprint density at radius 3 is 2.50 bits per heavy atom. The number of hydrogen-bond donors (Lipinski definition) is 0. The van der Waals surface area contributed by atoms with Gasteiger partial charge in [0.15, 0.2) is 0 Å². The summed E-state index contributed by atoms with van der Waals surface area (Å²) in [6, 6.07) is 10.2. The van der Waals surface area contributed by atoms with Crippen LogP contribution < -0.4 is 0 Å². The van der Waals surface area contributed by atoms with Crippen molar-refractivity contribution >= 4 is 5.91 Å². The molecule has 0 radical (unpaired) electrons. The summed E-state index contributed by atoms with van der Waals surface area (Å²) < 4.78 is 15.6. The van der Waals surface area contributed by atoms with E-state index < -0.39 is 0 Å². The van der Waals surface area contributed by atoms with Crippen molar-refractivity contribution in [2.75, 3.05) is 26.7 Å². The number of likely N-dealkylation sites (N-methyl/N-ethyl adjacent to an activating group) is 1. The van der Waals surface area contributed by atoms with Crippen molar-refractivity contribution in [2.45, 2.75) is 24.9 Å². The molecule has 2 aliphatic rings. The minimum Gasteiger partial charge on any atom is -0.338 e. The molecule has 1 fully saturated rings. The summed E-state index contributed by atoms with van der Waals surface area (Å²) in [5.74, 6) is 0.842. The lowest BCUT2D eigenvalue weighted by Crippen LogP contribution is -2.57. The number of imidazole rings is 1. The maximum atomic E-state index is 13.4. The van der Waals surface area contributed by atoms with Crippen molar-refractivity contribution in [2.24, 2.45) is 0 Å². The zero-order chi connectivity index (χ0) is 20.7. The largest absolute Gasteiger partial charge is 0.338 e. The van der Waals surface area contributed by atoms with Crippen molar-refractivity contribution < 1.29 is 9.18 Å². The van der Waals surface area contributed by atoms with E-state index in [2.05, 4.69) is 21.5 Å². The fraction of sp³-hybridized carbons (Fsp3) is 0.348. The predicted octanol–water partition coefficient (Wildman–Crippen LogP) is 3.16. The van der Waals surface area contributed by atoms with Crippen LogP contribution in [0.15, 0.2) is 55.0 Å². The van der Waals surface area contributed by atoms with E-state index in [-0.39, 0.29) is 17.3 Å². The standard InChI is InChI=1S/C23H24FN5O/c1-27-13-14-29-20(17-4-6-19(24)7-5-17)16-26-22(29)23(27)8-11-28(12-9-23)21(30)18-3-2-10-25-15-18/h2-7,10,15-16H,8-9,11-14H2,1H3. The fourth-order valence-electron chi connectivity index (χ4n) is 4.82. The molecule has 2 aromatic heterocycles. The van der Waals surface area contributed by atoms with E-state index >= 15 is 0 Å². The summed E-state index contributed by atoms with van der Waals surface area (Å²) >= 11 is 0. The van der Waals surface area contributed by atoms with Crippen molar-refractivity contribution in [3.63, 3.8) is 0 Å². The van der Waals surface area contributed by atoms with Crippen LogP contribution in [-0.4, -0.2) is 56.9 Å². The van der Waals surface area contributed by atoms with Gasteiger partial charge in [0.25, 0.3) is 5.91 Å². The smallest absolute Gasteiger partial charge is 0.255 e. The van der Waals surface area contributed by atoms with Gasteiger partial charge in [0.05, 0.1) is 23.0 Å². The van der Waals surface area contributed by atoms with Gasteiger partial charge in [-0.2, -0.15) is 0 Å². The third kappa shape index (κ3) is 3.01. The number of carbonyl (C=O) groups excluding carboxylic acids is 1. The van der Waals surface area contributed by atoms with Crippen LogP contribution in [0.3, 0.4) is 0 Å². The molecule has 0 unspecified atom stereocenters. The SMILES string of the molecule is CN1CCn2c(-c3ccc(F)cc3)cnc2C12CCN(C(=O)c1cccnc1)CC2. The second kappa shape index (κ2) is 7.32. The van der Waals surface area contributed by atoms with E-state index in [9.17, 15) is 9.18 Å². The van der Waals surface area contributed by atoms with Gasteiger partial charge in [-0.25, -0.2) is 9.37 Å². The van der Waals surface area contributed by atoms with Crippen LogP contribution in [0.4, 0.5) is 4.39 Å². The number of hydrogen-bond acceptors (Lipinski definition) is 4. The minimum absolute atomic E-state index is 0.0340. The Kier molecular flexibility index (Phi) is 4.62. The van der Waals surface area contributed by atoms with Crippen LogP contribution in [0.2, 0.25) is 0 Å². The van der Waals surface area contributed by atoms with Crippen molar-refractivity contribution in [1.82, 2.24) is 24.3 Å². The normalized spacial score (nSPS) is 18.4. The first-order valence-corrected chi connectivity index (χ1v) is 10.3. The zero-order valence-electron chi connectivity index (χ0n) is 17.0. The first-order chi connectivity index (χ1) is 14.6. The molecule has 7 heteroatoms. The van der Waals surface area contributed by atoms with Gasteiger partial charge >= 0.3 is 0 Å². The maximum Gasteiger partial charge on any atom is 0.255 e. The van der Waals surface area contributed by atoms with Gasteiger partial charge in [0.2, 0.25) is 0 Å². The summed E-state index contributed by atoms with van der Waals surface area (Å²) in [5, 5.41) is 0. The van der Waals surface area contributed by atoms with Crippen molar-refractivity contribution in [1.29, 1.82) is 0 Å². The molecule has 1 spiro atoms. The van der Waals surface area contributed by atoms with Gasteiger partial charge in [0, 0.05) is 38.6 Å². The lowest BCUT2D eigenvalue weighted by atomic mass is 9.83. The number of benzene rings is 1. The van der Waals surface area contributed by atoms with Gasteiger partial charge in [-0.1, -0.05) is 0 Å². The number of aromatic nitrogens is 3. The van der Waals surface area contributed by atoms with E-state index in [1.165, 1.54) is 12.1 Å². The molecule has 2 aliphatic heterocycles. The summed E-state index contributed by atoms with van der Waals surface area (Å²) in [6.45, 7) is 3.11. The molecule has 1 aromatic carbocycles. The third-order valence-electron chi connectivity index (χ3n) is 6.59. The summed E-state index contributed by atoms with van der Waals surface area (Å²) in [4.78, 5) is 26.0. The van der Waals surface area contributed by atoms with E-state index in [4.69, 9.17) is 4.98 Å². The van der Waals surface area contributed by atoms with Crippen LogP contribution in [0.1, 0.15) is 29.0 Å². The zero-order valence-corrected chi connectivity index (χ0v) is 17.0. The predicted molar refractivity (Wildman–Crippen MR) is 111 cm³/mol. The molecule has 0 bridgehead atoms. The van der Waals surface area contributed by atoms with Crippen LogP contribution in [-0.2, 0) is 12.1 Å². The number of piperidine rings is 1. The van der Waals surface area contributed by atoms with E-state index in [0.29, 0.717) is 18.7 Å². The summed E-state index contributed by atoms with van der Waals surface area (Å²) in [7, 11) is 2.15. The summed E-state index contributed by atoms with van der Waals surface area (Å²) in [5.41, 5.74) is 2.43. The first kappa shape index (κ1) is 18.9. The first-order valence-electron chi connectivity index (χ1n) is 10.3. The highest BCUT2D eigenvalue weighted by molar-refractivity contribution is 5.93. The summed E-state index contributed by atoms with van der Waals surface area (Å²) in [6.07, 6.45) is 6.86. The Bertz CT molecular complexity index is 1050. The Morgan fingerprint density at radius 2 is 1.80 bits per heavy atom. The van der Waals surface area contributed by atoms with Crippen LogP contribution in [0, 0.1) is 5.82 Å². The Hall–Kier alpha value is -3.06. The van der Waals surface area contributed by atoms with Gasteiger partial charge in [-0.05, 0) is 61.9 Å². The van der Waals surface area contributed by atoms with Crippen LogP contribution in [0.5, 0.6) is 0 Å². The molecule has 30 heavy (non-hydrogen) atoms. The quantitative estimate of drug-likeness (QED) is 0.657. The van der Waals surface area contributed by atoms with E-state index in [1.54, 1.807) is 30.6 Å². The van der Waals surface area contributed by atoms with Crippen molar-refractivity contribution in [3.05, 3.63) is 72.2 Å². The average Bonchev–Trinajstić information content (AvgIpc) is 3.23. The lowest BCUT2D eigenvalue weighted by molar-refractivity contribution is 0.0101. The lowest BCUT2D eigenvalue weighted by Gasteiger charge is -2.49. The van der Waals surface area contributed by atoms with Crippen LogP contribution >= 0.6 is 0 Å². The van der Waals surface area contributed by atoms with E-state index in [0.717, 1.165) is 43.0 Å². The Labute approximate surface area is 175 Å². The number of nitrogens with zero attached hydrogens (tertiary/aromatic N) is 5. The second-order valence-electron chi connectivity index (χ2n) is 8.11. The molecule has 4 heterocycles. The highest BCUT2D eigenvalue weighted by atomic mass is 19.1. The monoisotopic (exact) mass is 405 g/mol. The highest BCUT2D eigenvalue weighted by Crippen LogP contribution is 2.41. The number of fused-ring (bicyclic) bond motifs is 2. The van der Waals surface area contributed by atoms with Crippen molar-refractivity contribution in [3.8, 4) is 11.3 Å². The molecule has 0 N–H and O–H groups in total. The van der Waals surface area contributed by atoms with Gasteiger partial charge < -0.3 is 9.47 Å². The number of likely N-dealkylation sites (tertiary alicyclic amines) is 1. The molecule has 1 saturated heterocycles. The Balaban J connectivity index is 1.42. The number of pyridine rings is 1. The molecule has 0 aliphatic carbocycles. The molecule has 154 valence electrons. The molecule has 5 rings (SSSR count). The molecular formula is C23H24FN5O. The molecular weight excluding hydrogens is 381 g/mol. The fourth-order valence-corrected chi connectivity index (χ4v) is 4.82. The number of amides is 1. The molecule has 3 aromatic rings. The number of halogens is 1. The van der Waals surface area contributed by atoms with Gasteiger partial charge in [-0.3, -0.25) is 14.7 Å². The Morgan fingerprint density at radius 1 is 1.03 bits per heavy atom. The molecule has 6 nitrogen and oxygen atoms in total. The number of rotatable bonds is 2. The average molecular weight is 405 g/mol. The molecule has 1 amide bonds. The molecule has 0 atom stereocenters. The topological polar surface area (TPSA) is 54.3 Å². The second-order valence-corrected chi connectivity index (χ2v) is 8.11. The minimum atomic E-state index is -0.237. The number of carbonyl (C=O) groups is 1. The maximum absolute atomic E-state index is 13.4. The van der Waals surface area contributed by atoms with E-state index in [1.807, 2.05) is 17.2 Å². The van der Waals surface area contributed by atoms with Gasteiger partial charge in [0.1, 0.15) is 11.6 Å².